The number of rotatable bonds is 2. The molecule has 3 unspecified atom stereocenters. The number of ether oxygens (including phenoxy) is 1. The van der Waals surface area contributed by atoms with Crippen LogP contribution >= 0.6 is 0 Å². The normalized spacial score (nSPS) is 32.3. The van der Waals surface area contributed by atoms with Gasteiger partial charge in [-0.1, -0.05) is 13.8 Å². The maximum absolute atomic E-state index is 9.49. The van der Waals surface area contributed by atoms with Crippen molar-refractivity contribution in [2.45, 2.75) is 45.8 Å². The topological polar surface area (TPSA) is 41.5 Å². The van der Waals surface area contributed by atoms with Gasteiger partial charge in [0.05, 0.1) is 6.10 Å². The first-order chi connectivity index (χ1) is 9.00. The van der Waals surface area contributed by atoms with Crippen LogP contribution in [-0.2, 0) is 4.74 Å². The summed E-state index contributed by atoms with van der Waals surface area (Å²) in [7, 11) is 0. The number of hydrogen-bond acceptors (Lipinski definition) is 3. The fourth-order valence-corrected chi connectivity index (χ4v) is 3.79. The second kappa shape index (κ2) is 4.41. The molecule has 1 saturated carbocycles. The minimum absolute atomic E-state index is 0.176. The third kappa shape index (κ3) is 2.00. The van der Waals surface area contributed by atoms with Crippen LogP contribution in [0.2, 0.25) is 0 Å². The number of benzene rings is 1. The first-order valence-electron chi connectivity index (χ1n) is 7.18. The quantitative estimate of drug-likeness (QED) is 0.802. The minimum Gasteiger partial charge on any atom is -0.508 e. The van der Waals surface area contributed by atoms with E-state index in [-0.39, 0.29) is 5.41 Å². The highest BCUT2D eigenvalue weighted by Crippen LogP contribution is 2.52. The predicted octanol–water partition coefficient (Wildman–Crippen LogP) is 3.32. The zero-order valence-electron chi connectivity index (χ0n) is 11.9. The van der Waals surface area contributed by atoms with Crippen molar-refractivity contribution >= 4 is 5.69 Å². The van der Waals surface area contributed by atoms with E-state index < -0.39 is 0 Å². The third-order valence-corrected chi connectivity index (χ3v) is 4.85. The van der Waals surface area contributed by atoms with Crippen LogP contribution in [0.5, 0.6) is 5.75 Å². The minimum atomic E-state index is 0.176. The smallest absolute Gasteiger partial charge is 0.115 e. The molecule has 0 spiro atoms. The lowest BCUT2D eigenvalue weighted by Gasteiger charge is -2.60. The molecule has 1 aromatic rings. The molecule has 0 aromatic heterocycles. The van der Waals surface area contributed by atoms with E-state index in [9.17, 15) is 5.11 Å². The largest absolute Gasteiger partial charge is 0.508 e. The zero-order chi connectivity index (χ0) is 13.6. The summed E-state index contributed by atoms with van der Waals surface area (Å²) in [4.78, 5) is 0. The van der Waals surface area contributed by atoms with Gasteiger partial charge in [-0.05, 0) is 43.5 Å². The lowest BCUT2D eigenvalue weighted by atomic mass is 9.55. The van der Waals surface area contributed by atoms with E-state index in [1.165, 1.54) is 12.8 Å². The number of aryl methyl sites for hydroxylation is 1. The van der Waals surface area contributed by atoms with Crippen LogP contribution in [0.3, 0.4) is 0 Å². The third-order valence-electron chi connectivity index (χ3n) is 4.85. The lowest BCUT2D eigenvalue weighted by molar-refractivity contribution is -0.177. The average Bonchev–Trinajstić information content (AvgIpc) is 2.37. The molecule has 3 rings (SSSR count). The Bertz CT molecular complexity index is 484. The number of nitrogens with one attached hydrogen (secondary N) is 1. The Hall–Kier alpha value is -1.22. The molecule has 2 fully saturated rings. The highest BCUT2D eigenvalue weighted by atomic mass is 16.5. The summed E-state index contributed by atoms with van der Waals surface area (Å²) in [5.41, 5.74) is 2.39. The number of hydrogen-bond donors (Lipinski definition) is 2. The monoisotopic (exact) mass is 261 g/mol. The fourth-order valence-electron chi connectivity index (χ4n) is 3.79. The molecule has 1 heterocycles. The molecular formula is C16H23NO2. The molecule has 3 heteroatoms. The SMILES string of the molecule is Cc1cc(O)ccc1NC1C2CCCOC2C1(C)C. The summed E-state index contributed by atoms with van der Waals surface area (Å²) >= 11 is 0. The van der Waals surface area contributed by atoms with Crippen molar-refractivity contribution in [1.29, 1.82) is 0 Å². The van der Waals surface area contributed by atoms with Gasteiger partial charge in [0, 0.05) is 29.7 Å². The highest BCUT2D eigenvalue weighted by molar-refractivity contribution is 5.55. The Morgan fingerprint density at radius 3 is 2.89 bits per heavy atom. The van der Waals surface area contributed by atoms with Gasteiger partial charge in [-0.15, -0.1) is 0 Å². The second-order valence-electron chi connectivity index (χ2n) is 6.54. The molecule has 3 nitrogen and oxygen atoms in total. The summed E-state index contributed by atoms with van der Waals surface area (Å²) in [6, 6.07) is 5.98. The molecular weight excluding hydrogens is 238 g/mol. The van der Waals surface area contributed by atoms with E-state index in [4.69, 9.17) is 4.74 Å². The van der Waals surface area contributed by atoms with Crippen LogP contribution in [0.15, 0.2) is 18.2 Å². The van der Waals surface area contributed by atoms with E-state index in [1.807, 2.05) is 19.1 Å². The molecule has 104 valence electrons. The Kier molecular flexibility index (Phi) is 2.97. The first kappa shape index (κ1) is 12.8. The molecule has 1 aromatic carbocycles. The fraction of sp³-hybridized carbons (Fsp3) is 0.625. The second-order valence-corrected chi connectivity index (χ2v) is 6.54. The number of phenolic OH excluding ortho intramolecular Hbond substituents is 1. The van der Waals surface area contributed by atoms with E-state index in [2.05, 4.69) is 19.2 Å². The molecule has 3 atom stereocenters. The summed E-state index contributed by atoms with van der Waals surface area (Å²) in [5.74, 6) is 0.951. The molecule has 1 saturated heterocycles. The van der Waals surface area contributed by atoms with Crippen molar-refractivity contribution in [3.8, 4) is 5.75 Å². The average molecular weight is 261 g/mol. The van der Waals surface area contributed by atoms with Crippen molar-refractivity contribution in [2.75, 3.05) is 11.9 Å². The Labute approximate surface area is 115 Å². The van der Waals surface area contributed by atoms with Crippen molar-refractivity contribution in [3.63, 3.8) is 0 Å². The van der Waals surface area contributed by atoms with Crippen LogP contribution in [0, 0.1) is 18.3 Å². The van der Waals surface area contributed by atoms with Gasteiger partial charge in [-0.25, -0.2) is 0 Å². The molecule has 1 aliphatic carbocycles. The molecule has 0 radical (unpaired) electrons. The molecule has 2 N–H and O–H groups in total. The van der Waals surface area contributed by atoms with Crippen LogP contribution in [0.25, 0.3) is 0 Å². The first-order valence-corrected chi connectivity index (χ1v) is 7.18. The van der Waals surface area contributed by atoms with Gasteiger partial charge in [0.1, 0.15) is 5.75 Å². The summed E-state index contributed by atoms with van der Waals surface area (Å²) < 4.78 is 5.93. The van der Waals surface area contributed by atoms with Crippen LogP contribution < -0.4 is 5.32 Å². The number of fused-ring (bicyclic) bond motifs is 1. The summed E-state index contributed by atoms with van der Waals surface area (Å²) in [6.07, 6.45) is 2.82. The zero-order valence-corrected chi connectivity index (χ0v) is 11.9. The van der Waals surface area contributed by atoms with Gasteiger partial charge in [0.2, 0.25) is 0 Å². The van der Waals surface area contributed by atoms with Crippen molar-refractivity contribution in [1.82, 2.24) is 0 Å². The maximum atomic E-state index is 9.49. The number of phenols is 1. The lowest BCUT2D eigenvalue weighted by Crippen LogP contribution is -2.67. The van der Waals surface area contributed by atoms with Crippen molar-refractivity contribution < 1.29 is 9.84 Å². The number of anilines is 1. The predicted molar refractivity (Wildman–Crippen MR) is 76.5 cm³/mol. The van der Waals surface area contributed by atoms with Gasteiger partial charge in [0.25, 0.3) is 0 Å². The summed E-state index contributed by atoms with van der Waals surface area (Å²) in [5, 5.41) is 13.2. The molecule has 2 aliphatic rings. The maximum Gasteiger partial charge on any atom is 0.115 e. The van der Waals surface area contributed by atoms with Gasteiger partial charge in [0.15, 0.2) is 0 Å². The van der Waals surface area contributed by atoms with E-state index in [1.54, 1.807) is 6.07 Å². The van der Waals surface area contributed by atoms with Gasteiger partial charge in [-0.2, -0.15) is 0 Å². The highest BCUT2D eigenvalue weighted by Gasteiger charge is 2.57. The van der Waals surface area contributed by atoms with Crippen LogP contribution in [-0.4, -0.2) is 23.9 Å². The Balaban J connectivity index is 1.79. The summed E-state index contributed by atoms with van der Waals surface area (Å²) in [6.45, 7) is 7.51. The molecule has 0 amide bonds. The van der Waals surface area contributed by atoms with Gasteiger partial charge < -0.3 is 15.2 Å². The number of aromatic hydroxyl groups is 1. The van der Waals surface area contributed by atoms with Crippen molar-refractivity contribution in [3.05, 3.63) is 23.8 Å². The van der Waals surface area contributed by atoms with Crippen LogP contribution in [0.4, 0.5) is 5.69 Å². The van der Waals surface area contributed by atoms with E-state index in [0.717, 1.165) is 17.9 Å². The van der Waals surface area contributed by atoms with Gasteiger partial charge >= 0.3 is 0 Å². The molecule has 0 bridgehead atoms. The Morgan fingerprint density at radius 2 is 2.16 bits per heavy atom. The standard InChI is InChI=1S/C16H23NO2/c1-10-9-11(18)6-7-13(10)17-14-12-5-4-8-19-15(12)16(14,2)3/h6-7,9,12,14-15,17-18H,4-5,8H2,1-3H3. The Morgan fingerprint density at radius 1 is 1.37 bits per heavy atom. The molecule has 1 aliphatic heterocycles. The van der Waals surface area contributed by atoms with E-state index >= 15 is 0 Å². The van der Waals surface area contributed by atoms with Crippen LogP contribution in [0.1, 0.15) is 32.3 Å². The van der Waals surface area contributed by atoms with Gasteiger partial charge in [-0.3, -0.25) is 0 Å². The van der Waals surface area contributed by atoms with Crippen molar-refractivity contribution in [2.24, 2.45) is 11.3 Å². The molecule has 19 heavy (non-hydrogen) atoms. The van der Waals surface area contributed by atoms with E-state index in [0.29, 0.717) is 23.8 Å².